The molecule has 7 unspecified atom stereocenters. The highest BCUT2D eigenvalue weighted by Gasteiger charge is 2.34. The minimum Gasteiger partial charge on any atom is -0.418 e. The van der Waals surface area contributed by atoms with Crippen LogP contribution in [0.15, 0.2) is 132 Å². The molecule has 16 rings (SSSR count). The first-order valence-corrected chi connectivity index (χ1v) is 41.2. The van der Waals surface area contributed by atoms with Crippen molar-refractivity contribution in [2.45, 2.75) is 137 Å². The molecule has 0 spiro atoms. The van der Waals surface area contributed by atoms with Gasteiger partial charge >= 0.3 is 0 Å². The van der Waals surface area contributed by atoms with E-state index in [2.05, 4.69) is 260 Å². The number of Topliss-reactive ketones (excluding diaryl/α,β-unsaturated/α-hetero) is 2. The van der Waals surface area contributed by atoms with Crippen LogP contribution in [0.2, 0.25) is 0 Å². The highest BCUT2D eigenvalue weighted by Crippen LogP contribution is 2.32. The maximum Gasteiger partial charge on any atom is 0.298 e. The van der Waals surface area contributed by atoms with Gasteiger partial charge in [-0.15, -0.1) is 25.5 Å². The molecule has 0 saturated carbocycles. The second-order valence-corrected chi connectivity index (χ2v) is 34.1. The van der Waals surface area contributed by atoms with Crippen LogP contribution in [0.3, 0.4) is 0 Å². The summed E-state index contributed by atoms with van der Waals surface area (Å²) in [4.78, 5) is 90.6. The highest BCUT2D eigenvalue weighted by atomic mass is 32.1. The van der Waals surface area contributed by atoms with Gasteiger partial charge in [-0.3, -0.25) is 29.2 Å². The average molecular weight is 1570 g/mol. The predicted octanol–water partition coefficient (Wildman–Crippen LogP) is 12.1. The maximum absolute atomic E-state index is 12.8. The smallest absolute Gasteiger partial charge is 0.298 e. The summed E-state index contributed by atoms with van der Waals surface area (Å²) in [7, 11) is 8.53. The van der Waals surface area contributed by atoms with Crippen LogP contribution in [0.5, 0.6) is 0 Å². The number of ketones is 2. The van der Waals surface area contributed by atoms with E-state index in [0.29, 0.717) is 52.9 Å². The Bertz CT molecular complexity index is 4790. The van der Waals surface area contributed by atoms with Gasteiger partial charge in [0, 0.05) is 196 Å². The number of nitrogens with zero attached hydrogens (tertiary/aromatic N) is 15. The van der Waals surface area contributed by atoms with E-state index in [9.17, 15) is 19.2 Å². The Morgan fingerprint density at radius 2 is 0.903 bits per heavy atom. The summed E-state index contributed by atoms with van der Waals surface area (Å²) in [5.74, 6) is 1.34. The fourth-order valence-electron chi connectivity index (χ4n) is 15.3. The molecule has 4 saturated heterocycles. The summed E-state index contributed by atoms with van der Waals surface area (Å²) in [5.41, 5.74) is 9.49. The van der Waals surface area contributed by atoms with Gasteiger partial charge in [-0.1, -0.05) is 109 Å². The molecule has 12 aromatic rings. The second kappa shape index (κ2) is 36.3. The number of aromatic nitrogens is 12. The van der Waals surface area contributed by atoms with Crippen LogP contribution in [0.4, 0.5) is 22.2 Å². The number of aromatic amines is 5. The van der Waals surface area contributed by atoms with Crippen LogP contribution in [0.25, 0.3) is 43.6 Å². The van der Waals surface area contributed by atoms with Crippen LogP contribution < -0.4 is 30.2 Å². The zero-order valence-electron chi connectivity index (χ0n) is 67.5. The topological polar surface area (TPSA) is 301 Å². The van der Waals surface area contributed by atoms with Crippen molar-refractivity contribution in [2.75, 3.05) is 126 Å². The Kier molecular flexibility index (Phi) is 26.0. The van der Waals surface area contributed by atoms with Crippen molar-refractivity contribution in [1.82, 2.24) is 90.7 Å². The SMILES string of the molecule is CC(CC(=O)c1nnc(N2CCN(C)C(C)(C)C2)s1)Cc1c[nH]c2ccccc12.CC(CC(=O)c1nnc(N2CCN(C)C(C)C2)s1)Cc1c[nH]c2ccccc12.CC(Cc1c[nH]c2ccccc12)NC(=O)c1cnc(N2CCN(C)C(C)C2)o1.CC(Cc1c[nH]c2ccccc12)NC(=O)c1nc(N2CCN(C)C(C)C2)n[nH]1. The third-order valence-electron chi connectivity index (χ3n) is 22.7. The largest absolute Gasteiger partial charge is 0.418 e. The summed E-state index contributed by atoms with van der Waals surface area (Å²) in [6, 6.07) is 34.8. The molecule has 0 radical (unpaired) electrons. The number of rotatable bonds is 22. The standard InChI is InChI=1S/C22H29N5OS.C21H27N5O2.C21H27N5OS.C20H27N7O/c1-15(11-16-13-23-18-8-6-5-7-17(16)18)12-19(28)20-24-25-21(29-20)27-10-9-26(4)22(2,3)14-27;1-14(10-16-11-22-18-7-5-4-6-17(16)18)24-20(27)19-12-23-21(28-19)26-9-8-25(3)15(2)13-26;1-14(10-16-12-22-18-7-5-4-6-17(16)18)11-19(27)20-23-24-21(28-20)26-9-8-25(3)15(2)13-26;1-13(10-15-11-21-17-7-5-4-6-16(15)17)22-19(28)18-23-20(25-24-18)27-9-8-26(3)14(2)12-27/h5-8,13,15,23H,9-12,14H2,1-4H3;4-7,11-12,14-15,22H,8-10,13H2,1-3H3,(H,24,27);4-7,12,14-15,22H,8-11,13H2,1-3H3;4-7,11,13-14,21H,8-10,12H2,1-3H3,(H,22,28)(H,23,24,25). The minimum atomic E-state index is -0.228. The fraction of sp³-hybridized carbons (Fsp3) is 0.464. The number of nitrogens with one attached hydrogen (secondary N) is 7. The van der Waals surface area contributed by atoms with Gasteiger partial charge in [-0.05, 0) is 161 Å². The molecule has 598 valence electrons. The molecule has 4 fully saturated rings. The lowest BCUT2D eigenvalue weighted by molar-refractivity contribution is 0.0908. The van der Waals surface area contributed by atoms with E-state index >= 15 is 0 Å². The van der Waals surface area contributed by atoms with Crippen molar-refractivity contribution in [2.24, 2.45) is 11.8 Å². The number of H-pyrrole nitrogens is 5. The average Bonchev–Trinajstić information content (AvgIpc) is 1.80. The van der Waals surface area contributed by atoms with E-state index in [1.54, 1.807) is 0 Å². The lowest BCUT2D eigenvalue weighted by Gasteiger charge is -2.45. The molecule has 0 aliphatic carbocycles. The number of anilines is 4. The molecule has 12 heterocycles. The van der Waals surface area contributed by atoms with Crippen molar-refractivity contribution in [3.8, 4) is 0 Å². The highest BCUT2D eigenvalue weighted by molar-refractivity contribution is 7.17. The van der Waals surface area contributed by atoms with E-state index in [1.807, 2.05) is 62.6 Å². The Balaban J connectivity index is 0.000000132. The predicted molar refractivity (Wildman–Crippen MR) is 453 cm³/mol. The molecule has 27 nitrogen and oxygen atoms in total. The molecule has 7 atom stereocenters. The number of fused-ring (bicyclic) bond motifs is 4. The van der Waals surface area contributed by atoms with E-state index in [4.69, 9.17) is 4.42 Å². The molecule has 0 bridgehead atoms. The Labute approximate surface area is 669 Å². The Hall–Kier alpha value is -10.2. The number of benzene rings is 4. The van der Waals surface area contributed by atoms with Gasteiger partial charge in [0.25, 0.3) is 17.8 Å². The van der Waals surface area contributed by atoms with E-state index < -0.39 is 0 Å². The van der Waals surface area contributed by atoms with Gasteiger partial charge in [-0.2, -0.15) is 4.98 Å². The lowest BCUT2D eigenvalue weighted by Crippen LogP contribution is -2.57. The van der Waals surface area contributed by atoms with Gasteiger partial charge in [0.05, 0.1) is 6.20 Å². The molecule has 8 aromatic heterocycles. The van der Waals surface area contributed by atoms with Crippen molar-refractivity contribution in [3.63, 3.8) is 0 Å². The lowest BCUT2D eigenvalue weighted by atomic mass is 9.96. The summed E-state index contributed by atoms with van der Waals surface area (Å²) in [6.07, 6.45) is 13.9. The molecule has 4 aliphatic heterocycles. The van der Waals surface area contributed by atoms with Crippen LogP contribution in [-0.2, 0) is 25.7 Å². The van der Waals surface area contributed by atoms with Crippen LogP contribution in [0.1, 0.15) is 138 Å². The fourth-order valence-corrected chi connectivity index (χ4v) is 16.9. The van der Waals surface area contributed by atoms with E-state index in [-0.39, 0.29) is 64.4 Å². The molecule has 113 heavy (non-hydrogen) atoms. The van der Waals surface area contributed by atoms with Gasteiger partial charge in [0.2, 0.25) is 27.8 Å². The zero-order valence-corrected chi connectivity index (χ0v) is 69.1. The van der Waals surface area contributed by atoms with Crippen LogP contribution in [-0.4, -0.2) is 246 Å². The number of piperazine rings is 4. The second-order valence-electron chi connectivity index (χ2n) is 32.2. The Morgan fingerprint density at radius 1 is 0.504 bits per heavy atom. The number of carbonyl (C=O) groups excluding carboxylic acids is 4. The van der Waals surface area contributed by atoms with Crippen LogP contribution >= 0.6 is 22.7 Å². The third-order valence-corrected chi connectivity index (χ3v) is 24.8. The van der Waals surface area contributed by atoms with E-state index in [0.717, 1.165) is 137 Å². The zero-order chi connectivity index (χ0) is 79.6. The van der Waals surface area contributed by atoms with E-state index in [1.165, 1.54) is 72.7 Å². The molecule has 2 amide bonds. The molecule has 7 N–H and O–H groups in total. The van der Waals surface area contributed by atoms with Gasteiger partial charge in [0.1, 0.15) is 0 Å². The normalized spacial score (nSPS) is 18.9. The van der Waals surface area contributed by atoms with Crippen molar-refractivity contribution < 1.29 is 23.6 Å². The van der Waals surface area contributed by atoms with Gasteiger partial charge < -0.3 is 69.3 Å². The van der Waals surface area contributed by atoms with Crippen LogP contribution in [0, 0.1) is 11.8 Å². The first kappa shape index (κ1) is 80.9. The monoisotopic (exact) mass is 1570 g/mol. The third kappa shape index (κ3) is 20.1. The van der Waals surface area contributed by atoms with Gasteiger partial charge in [0.15, 0.2) is 21.6 Å². The van der Waals surface area contributed by atoms with Gasteiger partial charge in [-0.25, -0.2) is 4.98 Å². The minimum absolute atomic E-state index is 0.0242. The number of hydrogen-bond acceptors (Lipinski definition) is 22. The summed E-state index contributed by atoms with van der Waals surface area (Å²) < 4.78 is 5.75. The summed E-state index contributed by atoms with van der Waals surface area (Å²) >= 11 is 2.86. The van der Waals surface area contributed by atoms with Crippen molar-refractivity contribution in [3.05, 3.63) is 172 Å². The number of carbonyl (C=O) groups is 4. The molecule has 4 aromatic carbocycles. The number of oxazole rings is 1. The summed E-state index contributed by atoms with van der Waals surface area (Å²) in [5, 5.41) is 37.8. The first-order valence-electron chi connectivity index (χ1n) is 39.6. The maximum atomic E-state index is 12.8. The number of likely N-dealkylation sites (N-methyl/N-ethyl adjacent to an activating group) is 4. The number of para-hydroxylation sites is 4. The molecular formula is C84H110N22O5S2. The molecule has 4 aliphatic rings. The molecular weight excluding hydrogens is 1460 g/mol. The Morgan fingerprint density at radius 3 is 1.36 bits per heavy atom. The van der Waals surface area contributed by atoms with Crippen molar-refractivity contribution in [1.29, 1.82) is 0 Å². The summed E-state index contributed by atoms with van der Waals surface area (Å²) in [6.45, 7) is 30.3. The first-order chi connectivity index (χ1) is 54.4. The molecule has 29 heteroatoms. The quantitative estimate of drug-likeness (QED) is 0.0310. The number of amides is 2. The number of hydrogen-bond donors (Lipinski definition) is 7. The van der Waals surface area contributed by atoms with Crippen molar-refractivity contribution >= 4 is 112 Å².